The zero-order chi connectivity index (χ0) is 15.4. The van der Waals surface area contributed by atoms with E-state index in [1.165, 1.54) is 11.3 Å². The van der Waals surface area contributed by atoms with Gasteiger partial charge in [0.1, 0.15) is 10.7 Å². The van der Waals surface area contributed by atoms with E-state index in [1.54, 1.807) is 0 Å². The van der Waals surface area contributed by atoms with E-state index in [-0.39, 0.29) is 11.9 Å². The maximum atomic E-state index is 12.2. The maximum absolute atomic E-state index is 12.2. The lowest BCUT2D eigenvalue weighted by atomic mass is 10.1. The van der Waals surface area contributed by atoms with Crippen molar-refractivity contribution in [1.29, 1.82) is 0 Å². The minimum atomic E-state index is -0.114. The van der Waals surface area contributed by atoms with Gasteiger partial charge in [0, 0.05) is 19.1 Å². The van der Waals surface area contributed by atoms with Crippen LogP contribution < -0.4 is 16.4 Å². The largest absolute Gasteiger partial charge is 0.382 e. The molecule has 2 rings (SSSR count). The number of thiazole rings is 1. The monoisotopic (exact) mass is 311 g/mol. The average Bonchev–Trinajstić information content (AvgIpc) is 3.02. The summed E-state index contributed by atoms with van der Waals surface area (Å²) in [5, 5.41) is 6.86. The highest BCUT2D eigenvalue weighted by atomic mass is 32.1. The van der Waals surface area contributed by atoms with Crippen molar-refractivity contribution in [1.82, 2.24) is 15.2 Å². The lowest BCUT2D eigenvalue weighted by Crippen LogP contribution is -2.30. The molecule has 118 valence electrons. The Morgan fingerprint density at radius 2 is 2.33 bits per heavy atom. The SMILES string of the molecule is CCN1CCC(CNC(=O)c2sc(NC(C)C)nc2N)C1. The van der Waals surface area contributed by atoms with E-state index < -0.39 is 0 Å². The second-order valence-corrected chi connectivity index (χ2v) is 6.79. The van der Waals surface area contributed by atoms with Gasteiger partial charge in [0.2, 0.25) is 0 Å². The van der Waals surface area contributed by atoms with Gasteiger partial charge in [0.05, 0.1) is 0 Å². The summed E-state index contributed by atoms with van der Waals surface area (Å²) in [5.41, 5.74) is 5.84. The van der Waals surface area contributed by atoms with Gasteiger partial charge in [-0.05, 0) is 39.3 Å². The Labute approximate surface area is 130 Å². The van der Waals surface area contributed by atoms with Crippen molar-refractivity contribution in [2.75, 3.05) is 37.2 Å². The third-order valence-corrected chi connectivity index (χ3v) is 4.64. The number of nitrogens with one attached hydrogen (secondary N) is 2. The van der Waals surface area contributed by atoms with Crippen molar-refractivity contribution < 1.29 is 4.79 Å². The molecular formula is C14H25N5OS. The Bertz CT molecular complexity index is 488. The highest BCUT2D eigenvalue weighted by Gasteiger charge is 2.23. The number of hydrogen-bond acceptors (Lipinski definition) is 6. The summed E-state index contributed by atoms with van der Waals surface area (Å²) in [5.74, 6) is 0.732. The minimum absolute atomic E-state index is 0.114. The fourth-order valence-corrected chi connectivity index (χ4v) is 3.43. The van der Waals surface area contributed by atoms with Crippen molar-refractivity contribution in [2.24, 2.45) is 5.92 Å². The number of carbonyl (C=O) groups excluding carboxylic acids is 1. The highest BCUT2D eigenvalue weighted by molar-refractivity contribution is 7.18. The van der Waals surface area contributed by atoms with Crippen LogP contribution in [0.1, 0.15) is 36.9 Å². The molecule has 4 N–H and O–H groups in total. The van der Waals surface area contributed by atoms with Crippen molar-refractivity contribution in [3.8, 4) is 0 Å². The zero-order valence-electron chi connectivity index (χ0n) is 13.0. The quantitative estimate of drug-likeness (QED) is 0.743. The van der Waals surface area contributed by atoms with Crippen molar-refractivity contribution >= 4 is 28.2 Å². The molecule has 1 unspecified atom stereocenters. The molecule has 0 aliphatic carbocycles. The molecule has 1 aliphatic heterocycles. The summed E-state index contributed by atoms with van der Waals surface area (Å²) in [6.45, 7) is 10.2. The number of nitrogens with two attached hydrogens (primary N) is 1. The Balaban J connectivity index is 1.87. The van der Waals surface area contributed by atoms with Gasteiger partial charge in [-0.3, -0.25) is 4.79 Å². The molecule has 0 radical (unpaired) electrons. The first kappa shape index (κ1) is 16.0. The smallest absolute Gasteiger partial charge is 0.265 e. The van der Waals surface area contributed by atoms with E-state index >= 15 is 0 Å². The normalized spacial score (nSPS) is 19.1. The van der Waals surface area contributed by atoms with E-state index in [0.717, 1.165) is 26.1 Å². The van der Waals surface area contributed by atoms with Crippen LogP contribution in [0.25, 0.3) is 0 Å². The maximum Gasteiger partial charge on any atom is 0.265 e. The molecule has 6 nitrogen and oxygen atoms in total. The zero-order valence-corrected chi connectivity index (χ0v) is 13.8. The summed E-state index contributed by atoms with van der Waals surface area (Å²) in [7, 11) is 0. The fourth-order valence-electron chi connectivity index (χ4n) is 2.49. The number of carbonyl (C=O) groups is 1. The third-order valence-electron chi connectivity index (χ3n) is 3.64. The summed E-state index contributed by atoms with van der Waals surface area (Å²) in [6.07, 6.45) is 1.15. The van der Waals surface area contributed by atoms with E-state index in [2.05, 4.69) is 27.4 Å². The van der Waals surface area contributed by atoms with Gasteiger partial charge in [-0.15, -0.1) is 0 Å². The van der Waals surface area contributed by atoms with Crippen LogP contribution in [0, 0.1) is 5.92 Å². The van der Waals surface area contributed by atoms with Crippen LogP contribution in [0.4, 0.5) is 10.9 Å². The molecule has 1 amide bonds. The third kappa shape index (κ3) is 4.31. The van der Waals surface area contributed by atoms with E-state index in [4.69, 9.17) is 5.73 Å². The van der Waals surface area contributed by atoms with Gasteiger partial charge < -0.3 is 21.3 Å². The highest BCUT2D eigenvalue weighted by Crippen LogP contribution is 2.25. The Morgan fingerprint density at radius 1 is 1.57 bits per heavy atom. The minimum Gasteiger partial charge on any atom is -0.382 e. The Kier molecular flexibility index (Phi) is 5.41. The van der Waals surface area contributed by atoms with E-state index in [9.17, 15) is 4.79 Å². The average molecular weight is 311 g/mol. The lowest BCUT2D eigenvalue weighted by Gasteiger charge is -2.13. The molecule has 0 spiro atoms. The first-order chi connectivity index (χ1) is 9.99. The molecule has 0 saturated carbocycles. The van der Waals surface area contributed by atoms with Crippen LogP contribution in [0.2, 0.25) is 0 Å². The van der Waals surface area contributed by atoms with Crippen molar-refractivity contribution in [2.45, 2.75) is 33.2 Å². The van der Waals surface area contributed by atoms with Gasteiger partial charge >= 0.3 is 0 Å². The predicted molar refractivity (Wildman–Crippen MR) is 87.8 cm³/mol. The molecule has 1 fully saturated rings. The second kappa shape index (κ2) is 7.09. The van der Waals surface area contributed by atoms with Crippen molar-refractivity contribution in [3.63, 3.8) is 0 Å². The Morgan fingerprint density at radius 3 is 2.95 bits per heavy atom. The van der Waals surface area contributed by atoms with Gasteiger partial charge in [0.25, 0.3) is 5.91 Å². The number of anilines is 2. The van der Waals surface area contributed by atoms with Gasteiger partial charge in [-0.1, -0.05) is 18.3 Å². The summed E-state index contributed by atoms with van der Waals surface area (Å²) in [4.78, 5) is 19.3. The van der Waals surface area contributed by atoms with Crippen LogP contribution in [-0.4, -0.2) is 48.0 Å². The molecule has 1 aromatic heterocycles. The summed E-state index contributed by atoms with van der Waals surface area (Å²) in [6, 6.07) is 0.268. The standard InChI is InChI=1S/C14H25N5OS/c1-4-19-6-5-10(8-19)7-16-13(20)11-12(15)18-14(21-11)17-9(2)3/h9-10H,4-8,15H2,1-3H3,(H,16,20)(H,17,18). The van der Waals surface area contributed by atoms with Crippen LogP contribution >= 0.6 is 11.3 Å². The van der Waals surface area contributed by atoms with Gasteiger partial charge in [-0.25, -0.2) is 4.98 Å². The van der Waals surface area contributed by atoms with E-state index in [0.29, 0.717) is 28.3 Å². The number of likely N-dealkylation sites (tertiary alicyclic amines) is 1. The molecule has 1 atom stereocenters. The predicted octanol–water partition coefficient (Wildman–Crippen LogP) is 1.62. The number of aromatic nitrogens is 1. The molecule has 2 heterocycles. The van der Waals surface area contributed by atoms with Crippen LogP contribution in [0.15, 0.2) is 0 Å². The number of rotatable bonds is 6. The van der Waals surface area contributed by atoms with Crippen LogP contribution in [0.5, 0.6) is 0 Å². The number of amides is 1. The molecule has 21 heavy (non-hydrogen) atoms. The number of hydrogen-bond donors (Lipinski definition) is 3. The lowest BCUT2D eigenvalue weighted by molar-refractivity contribution is 0.0952. The van der Waals surface area contributed by atoms with Gasteiger partial charge in [0.15, 0.2) is 5.13 Å². The fraction of sp³-hybridized carbons (Fsp3) is 0.714. The Hall–Kier alpha value is -1.34. The van der Waals surface area contributed by atoms with Crippen LogP contribution in [0.3, 0.4) is 0 Å². The van der Waals surface area contributed by atoms with Gasteiger partial charge in [-0.2, -0.15) is 0 Å². The van der Waals surface area contributed by atoms with Crippen molar-refractivity contribution in [3.05, 3.63) is 4.88 Å². The molecule has 1 aliphatic rings. The second-order valence-electron chi connectivity index (χ2n) is 5.79. The number of nitrogen functional groups attached to an aromatic ring is 1. The molecule has 1 aromatic rings. The first-order valence-electron chi connectivity index (χ1n) is 7.53. The van der Waals surface area contributed by atoms with E-state index in [1.807, 2.05) is 13.8 Å². The topological polar surface area (TPSA) is 83.3 Å². The first-order valence-corrected chi connectivity index (χ1v) is 8.34. The van der Waals surface area contributed by atoms with Crippen LogP contribution in [-0.2, 0) is 0 Å². The number of nitrogens with zero attached hydrogens (tertiary/aromatic N) is 2. The molecule has 1 saturated heterocycles. The summed E-state index contributed by atoms with van der Waals surface area (Å²) < 4.78 is 0. The summed E-state index contributed by atoms with van der Waals surface area (Å²) >= 11 is 1.31. The molecule has 0 bridgehead atoms. The molecule has 7 heteroatoms. The molecule has 0 aromatic carbocycles. The molecular weight excluding hydrogens is 286 g/mol.